The molecule has 1 fully saturated rings. The Morgan fingerprint density at radius 1 is 1.55 bits per heavy atom. The molecular formula is C14H23N3O2S. The monoisotopic (exact) mass is 297 g/mol. The summed E-state index contributed by atoms with van der Waals surface area (Å²) in [5.41, 5.74) is 0.742. The van der Waals surface area contributed by atoms with Gasteiger partial charge in [0.2, 0.25) is 0 Å². The smallest absolute Gasteiger partial charge is 0.347 e. The van der Waals surface area contributed by atoms with E-state index in [1.165, 1.54) is 11.3 Å². The number of carboxylic acid groups (broad SMARTS) is 1. The lowest BCUT2D eigenvalue weighted by molar-refractivity contribution is 0.0700. The van der Waals surface area contributed by atoms with Crippen LogP contribution in [0.3, 0.4) is 0 Å². The van der Waals surface area contributed by atoms with Gasteiger partial charge in [-0.25, -0.2) is 9.78 Å². The number of aromatic carboxylic acids is 1. The van der Waals surface area contributed by atoms with Crippen LogP contribution in [0.25, 0.3) is 0 Å². The lowest BCUT2D eigenvalue weighted by atomic mass is 10.0. The highest BCUT2D eigenvalue weighted by Crippen LogP contribution is 2.33. The maximum absolute atomic E-state index is 11.4. The molecule has 1 aromatic heterocycles. The van der Waals surface area contributed by atoms with Crippen molar-refractivity contribution in [3.05, 3.63) is 10.6 Å². The van der Waals surface area contributed by atoms with E-state index in [4.69, 9.17) is 0 Å². The third kappa shape index (κ3) is 2.96. The zero-order valence-electron chi connectivity index (χ0n) is 12.6. The number of anilines is 1. The van der Waals surface area contributed by atoms with Crippen LogP contribution in [0, 0.1) is 0 Å². The minimum absolute atomic E-state index is 0.189. The van der Waals surface area contributed by atoms with Crippen molar-refractivity contribution in [1.82, 2.24) is 9.88 Å². The third-order valence-corrected chi connectivity index (χ3v) is 5.09. The molecular weight excluding hydrogens is 274 g/mol. The Balaban J connectivity index is 2.31. The van der Waals surface area contributed by atoms with Gasteiger partial charge in [0.15, 0.2) is 5.13 Å². The number of likely N-dealkylation sites (N-methyl/N-ethyl adjacent to an activating group) is 1. The molecule has 0 aliphatic carbocycles. The molecule has 2 atom stereocenters. The molecule has 1 aromatic rings. The molecule has 2 heterocycles. The fourth-order valence-corrected chi connectivity index (χ4v) is 3.70. The number of piperazine rings is 1. The Morgan fingerprint density at radius 2 is 2.25 bits per heavy atom. The molecule has 0 saturated carbocycles. The van der Waals surface area contributed by atoms with Crippen LogP contribution in [0.15, 0.2) is 0 Å². The van der Waals surface area contributed by atoms with Crippen molar-refractivity contribution in [3.63, 3.8) is 0 Å². The third-order valence-electron chi connectivity index (χ3n) is 3.99. The summed E-state index contributed by atoms with van der Waals surface area (Å²) in [7, 11) is 2.11. The molecule has 5 nitrogen and oxygen atoms in total. The van der Waals surface area contributed by atoms with Crippen LogP contribution in [0.2, 0.25) is 0 Å². The molecule has 2 rings (SSSR count). The number of hydrogen-bond donors (Lipinski definition) is 1. The molecule has 1 aliphatic heterocycles. The number of carbonyl (C=O) groups is 1. The highest BCUT2D eigenvalue weighted by atomic mass is 32.1. The van der Waals surface area contributed by atoms with Crippen molar-refractivity contribution in [3.8, 4) is 0 Å². The van der Waals surface area contributed by atoms with Gasteiger partial charge in [-0.3, -0.25) is 0 Å². The first-order valence-electron chi connectivity index (χ1n) is 7.13. The molecule has 20 heavy (non-hydrogen) atoms. The summed E-state index contributed by atoms with van der Waals surface area (Å²) in [4.78, 5) is 21.0. The van der Waals surface area contributed by atoms with E-state index in [-0.39, 0.29) is 5.92 Å². The maximum atomic E-state index is 11.4. The summed E-state index contributed by atoms with van der Waals surface area (Å²) in [6.07, 6.45) is 0.905. The average molecular weight is 297 g/mol. The van der Waals surface area contributed by atoms with Crippen molar-refractivity contribution in [2.45, 2.75) is 39.2 Å². The van der Waals surface area contributed by atoms with Crippen LogP contribution in [0.5, 0.6) is 0 Å². The highest BCUT2D eigenvalue weighted by Gasteiger charge is 2.28. The first-order valence-corrected chi connectivity index (χ1v) is 7.94. The van der Waals surface area contributed by atoms with Gasteiger partial charge in [-0.2, -0.15) is 0 Å². The number of aromatic nitrogens is 1. The van der Waals surface area contributed by atoms with E-state index in [1.54, 1.807) is 0 Å². The van der Waals surface area contributed by atoms with Gasteiger partial charge in [0, 0.05) is 25.7 Å². The molecule has 1 aliphatic rings. The van der Waals surface area contributed by atoms with E-state index in [1.807, 2.05) is 6.92 Å². The zero-order valence-corrected chi connectivity index (χ0v) is 13.4. The second kappa shape index (κ2) is 6.10. The molecule has 0 spiro atoms. The summed E-state index contributed by atoms with van der Waals surface area (Å²) in [5.74, 6) is -0.667. The van der Waals surface area contributed by atoms with E-state index < -0.39 is 5.97 Å². The van der Waals surface area contributed by atoms with Gasteiger partial charge >= 0.3 is 5.97 Å². The summed E-state index contributed by atoms with van der Waals surface area (Å²) in [6, 6.07) is 0.367. The minimum Gasteiger partial charge on any atom is -0.477 e. The average Bonchev–Trinajstić information content (AvgIpc) is 2.82. The Labute approximate surface area is 124 Å². The van der Waals surface area contributed by atoms with Crippen molar-refractivity contribution >= 4 is 22.4 Å². The topological polar surface area (TPSA) is 56.7 Å². The van der Waals surface area contributed by atoms with E-state index in [0.29, 0.717) is 10.9 Å². The van der Waals surface area contributed by atoms with Crippen molar-refractivity contribution in [2.75, 3.05) is 31.6 Å². The van der Waals surface area contributed by atoms with Gasteiger partial charge < -0.3 is 14.9 Å². The lowest BCUT2D eigenvalue weighted by Crippen LogP contribution is -2.50. The Morgan fingerprint density at radius 3 is 2.80 bits per heavy atom. The number of carboxylic acids is 1. The molecule has 2 unspecified atom stereocenters. The van der Waals surface area contributed by atoms with Gasteiger partial charge in [-0.1, -0.05) is 25.2 Å². The SMILES string of the molecule is CCC(C)c1nc(N2CCN(C)CC2C)sc1C(=O)O. The number of thiazole rings is 1. The Bertz CT molecular complexity index is 489. The normalized spacial score (nSPS) is 22.0. The van der Waals surface area contributed by atoms with E-state index in [9.17, 15) is 9.90 Å². The van der Waals surface area contributed by atoms with E-state index in [0.717, 1.165) is 36.9 Å². The molecule has 0 radical (unpaired) electrons. The van der Waals surface area contributed by atoms with Gasteiger partial charge in [-0.15, -0.1) is 0 Å². The summed E-state index contributed by atoms with van der Waals surface area (Å²) in [5, 5.41) is 10.2. The predicted molar refractivity (Wildman–Crippen MR) is 82.1 cm³/mol. The largest absolute Gasteiger partial charge is 0.477 e. The van der Waals surface area contributed by atoms with Gasteiger partial charge in [-0.05, 0) is 26.3 Å². The van der Waals surface area contributed by atoms with Gasteiger partial charge in [0.25, 0.3) is 0 Å². The highest BCUT2D eigenvalue weighted by molar-refractivity contribution is 7.17. The second-order valence-electron chi connectivity index (χ2n) is 5.63. The van der Waals surface area contributed by atoms with E-state index in [2.05, 4.69) is 35.7 Å². The van der Waals surface area contributed by atoms with Crippen LogP contribution >= 0.6 is 11.3 Å². The molecule has 0 bridgehead atoms. The lowest BCUT2D eigenvalue weighted by Gasteiger charge is -2.38. The van der Waals surface area contributed by atoms with E-state index >= 15 is 0 Å². The first kappa shape index (κ1) is 15.3. The molecule has 6 heteroatoms. The summed E-state index contributed by atoms with van der Waals surface area (Å²) >= 11 is 1.32. The number of hydrogen-bond acceptors (Lipinski definition) is 5. The molecule has 0 aromatic carbocycles. The van der Waals surface area contributed by atoms with Crippen molar-refractivity contribution in [2.24, 2.45) is 0 Å². The summed E-state index contributed by atoms with van der Waals surface area (Å²) in [6.45, 7) is 9.16. The Kier molecular flexibility index (Phi) is 4.65. The molecule has 112 valence electrons. The van der Waals surface area contributed by atoms with Crippen molar-refractivity contribution < 1.29 is 9.90 Å². The Hall–Kier alpha value is -1.14. The quantitative estimate of drug-likeness (QED) is 0.925. The molecule has 1 saturated heterocycles. The van der Waals surface area contributed by atoms with Gasteiger partial charge in [0.05, 0.1) is 5.69 Å². The standard InChI is InChI=1S/C14H23N3O2S/c1-5-9(2)11-12(13(18)19)20-14(15-11)17-7-6-16(4)8-10(17)3/h9-10H,5-8H2,1-4H3,(H,18,19). The van der Waals surface area contributed by atoms with Crippen LogP contribution in [0.1, 0.15) is 48.5 Å². The summed E-state index contributed by atoms with van der Waals surface area (Å²) < 4.78 is 0. The molecule has 0 amide bonds. The van der Waals surface area contributed by atoms with Crippen LogP contribution in [-0.4, -0.2) is 53.7 Å². The number of nitrogens with zero attached hydrogens (tertiary/aromatic N) is 3. The number of rotatable bonds is 4. The first-order chi connectivity index (χ1) is 9.43. The second-order valence-corrected chi connectivity index (χ2v) is 6.61. The molecule has 1 N–H and O–H groups in total. The van der Waals surface area contributed by atoms with Crippen LogP contribution < -0.4 is 4.90 Å². The minimum atomic E-state index is -0.856. The maximum Gasteiger partial charge on any atom is 0.347 e. The fraction of sp³-hybridized carbons (Fsp3) is 0.714. The predicted octanol–water partition coefficient (Wildman–Crippen LogP) is 2.50. The van der Waals surface area contributed by atoms with Gasteiger partial charge in [0.1, 0.15) is 4.88 Å². The van der Waals surface area contributed by atoms with Crippen LogP contribution in [-0.2, 0) is 0 Å². The fourth-order valence-electron chi connectivity index (χ4n) is 2.55. The van der Waals surface area contributed by atoms with Crippen LogP contribution in [0.4, 0.5) is 5.13 Å². The zero-order chi connectivity index (χ0) is 14.9. The van der Waals surface area contributed by atoms with Crippen molar-refractivity contribution in [1.29, 1.82) is 0 Å².